The summed E-state index contributed by atoms with van der Waals surface area (Å²) < 4.78 is 49.7. The monoisotopic (exact) mass is 354 g/mol. The largest absolute Gasteiger partial charge is 0.389 e. The van der Waals surface area contributed by atoms with Gasteiger partial charge in [0.1, 0.15) is 11.6 Å². The van der Waals surface area contributed by atoms with E-state index in [1.54, 1.807) is 0 Å². The molecule has 1 aromatic carbocycles. The molecule has 118 valence electrons. The van der Waals surface area contributed by atoms with Gasteiger partial charge in [0.05, 0.1) is 11.4 Å². The molecule has 22 heavy (non-hydrogen) atoms. The van der Waals surface area contributed by atoms with Gasteiger partial charge in [-0.2, -0.15) is 23.1 Å². The van der Waals surface area contributed by atoms with E-state index in [-0.39, 0.29) is 22.1 Å². The molecular formula is C12H8Cl2F4N4. The number of hydrogen-bond acceptors (Lipinski definition) is 4. The van der Waals surface area contributed by atoms with Gasteiger partial charge in [-0.1, -0.05) is 11.6 Å². The van der Waals surface area contributed by atoms with Gasteiger partial charge < -0.3 is 5.32 Å². The Morgan fingerprint density at radius 1 is 1.09 bits per heavy atom. The zero-order valence-corrected chi connectivity index (χ0v) is 12.3. The van der Waals surface area contributed by atoms with Crippen molar-refractivity contribution in [1.82, 2.24) is 15.0 Å². The number of nitrogens with one attached hydrogen (secondary N) is 1. The zero-order valence-electron chi connectivity index (χ0n) is 10.8. The molecule has 0 spiro atoms. The van der Waals surface area contributed by atoms with Crippen LogP contribution in [-0.4, -0.2) is 21.1 Å². The van der Waals surface area contributed by atoms with Gasteiger partial charge in [0.2, 0.25) is 11.2 Å². The fourth-order valence-corrected chi connectivity index (χ4v) is 1.87. The minimum Gasteiger partial charge on any atom is -0.324 e. The highest BCUT2D eigenvalue weighted by molar-refractivity contribution is 6.31. The van der Waals surface area contributed by atoms with Crippen molar-refractivity contribution in [2.45, 2.75) is 19.0 Å². The molecule has 2 rings (SSSR count). The first-order valence-corrected chi connectivity index (χ1v) is 6.68. The summed E-state index contributed by atoms with van der Waals surface area (Å²) in [5.74, 6) is -0.764. The highest BCUT2D eigenvalue weighted by Gasteiger charge is 2.27. The van der Waals surface area contributed by atoms with Crippen molar-refractivity contribution in [2.75, 3.05) is 5.32 Å². The van der Waals surface area contributed by atoms with E-state index in [4.69, 9.17) is 23.2 Å². The molecule has 1 aromatic heterocycles. The Morgan fingerprint density at radius 3 is 2.45 bits per heavy atom. The van der Waals surface area contributed by atoms with E-state index in [1.165, 1.54) is 12.1 Å². The van der Waals surface area contributed by atoms with Crippen molar-refractivity contribution in [1.29, 1.82) is 0 Å². The third-order valence-corrected chi connectivity index (χ3v) is 2.92. The second-order valence-corrected chi connectivity index (χ2v) is 4.96. The smallest absolute Gasteiger partial charge is 0.324 e. The number of rotatable bonds is 4. The van der Waals surface area contributed by atoms with E-state index in [9.17, 15) is 17.6 Å². The van der Waals surface area contributed by atoms with Crippen LogP contribution in [0, 0.1) is 5.82 Å². The normalized spacial score (nSPS) is 11.5. The second-order valence-electron chi connectivity index (χ2n) is 4.21. The van der Waals surface area contributed by atoms with E-state index in [0.29, 0.717) is 5.69 Å². The van der Waals surface area contributed by atoms with Crippen LogP contribution in [0.25, 0.3) is 0 Å². The molecule has 0 aliphatic carbocycles. The van der Waals surface area contributed by atoms with E-state index in [2.05, 4.69) is 20.3 Å². The average molecular weight is 355 g/mol. The fraction of sp³-hybridized carbons (Fsp3) is 0.250. The predicted octanol–water partition coefficient (Wildman–Crippen LogP) is 4.56. The quantitative estimate of drug-likeness (QED) is 0.818. The number of halogens is 6. The van der Waals surface area contributed by atoms with Gasteiger partial charge in [-0.3, -0.25) is 0 Å². The molecule has 1 N–H and O–H groups in total. The van der Waals surface area contributed by atoms with Crippen molar-refractivity contribution in [3.63, 3.8) is 0 Å². The van der Waals surface area contributed by atoms with Crippen LogP contribution in [0.2, 0.25) is 10.3 Å². The number of aromatic nitrogens is 3. The maximum atomic E-state index is 13.0. The van der Waals surface area contributed by atoms with Gasteiger partial charge in [-0.25, -0.2) is 9.37 Å². The zero-order chi connectivity index (χ0) is 16.3. The Morgan fingerprint density at radius 2 is 1.82 bits per heavy atom. The van der Waals surface area contributed by atoms with Gasteiger partial charge >= 0.3 is 6.18 Å². The average Bonchev–Trinajstić information content (AvgIpc) is 2.39. The highest BCUT2D eigenvalue weighted by Crippen LogP contribution is 2.23. The maximum Gasteiger partial charge on any atom is 0.389 e. The van der Waals surface area contributed by atoms with Crippen LogP contribution in [0.15, 0.2) is 18.2 Å². The third kappa shape index (κ3) is 4.96. The second kappa shape index (κ2) is 6.62. The molecule has 0 saturated carbocycles. The summed E-state index contributed by atoms with van der Waals surface area (Å²) in [6.07, 6.45) is -5.82. The Kier molecular flexibility index (Phi) is 5.02. The van der Waals surface area contributed by atoms with E-state index < -0.39 is 24.8 Å². The topological polar surface area (TPSA) is 50.7 Å². The summed E-state index contributed by atoms with van der Waals surface area (Å²) in [4.78, 5) is 11.2. The standard InChI is InChI=1S/C12H8Cl2F4N4/c13-7-5-6(1-2-8(7)15)19-11-21-9(20-10(14)22-11)3-4-12(16,17)18/h1-2,5H,3-4H2,(H,19,20,21,22). The first kappa shape index (κ1) is 16.7. The molecule has 0 saturated heterocycles. The van der Waals surface area contributed by atoms with Crippen LogP contribution >= 0.6 is 23.2 Å². The Labute approximate surface area is 132 Å². The van der Waals surface area contributed by atoms with Gasteiger partial charge in [0, 0.05) is 12.1 Å². The molecule has 0 amide bonds. The Bertz CT molecular complexity index is 679. The number of alkyl halides is 3. The van der Waals surface area contributed by atoms with Gasteiger partial charge in [-0.05, 0) is 29.8 Å². The number of hydrogen-bond donors (Lipinski definition) is 1. The van der Waals surface area contributed by atoms with Crippen LogP contribution in [0.1, 0.15) is 12.2 Å². The lowest BCUT2D eigenvalue weighted by Gasteiger charge is -2.08. The molecule has 4 nitrogen and oxygen atoms in total. The van der Waals surface area contributed by atoms with Crippen molar-refractivity contribution < 1.29 is 17.6 Å². The van der Waals surface area contributed by atoms with Crippen LogP contribution in [-0.2, 0) is 6.42 Å². The Balaban J connectivity index is 2.17. The molecule has 0 unspecified atom stereocenters. The molecule has 2 aromatic rings. The van der Waals surface area contributed by atoms with Gasteiger partial charge in [-0.15, -0.1) is 0 Å². The van der Waals surface area contributed by atoms with Crippen molar-refractivity contribution in [2.24, 2.45) is 0 Å². The minimum absolute atomic E-state index is 0.0557. The van der Waals surface area contributed by atoms with Crippen molar-refractivity contribution in [3.8, 4) is 0 Å². The highest BCUT2D eigenvalue weighted by atomic mass is 35.5. The molecular weight excluding hydrogens is 347 g/mol. The number of anilines is 2. The van der Waals surface area contributed by atoms with Gasteiger partial charge in [0.15, 0.2) is 0 Å². The summed E-state index contributed by atoms with van der Waals surface area (Å²) in [5, 5.41) is 2.30. The van der Waals surface area contributed by atoms with Crippen LogP contribution in [0.3, 0.4) is 0 Å². The van der Waals surface area contributed by atoms with Crippen LogP contribution in [0.5, 0.6) is 0 Å². The predicted molar refractivity (Wildman–Crippen MR) is 73.9 cm³/mol. The summed E-state index contributed by atoms with van der Waals surface area (Å²) >= 11 is 11.3. The summed E-state index contributed by atoms with van der Waals surface area (Å²) in [7, 11) is 0. The molecule has 0 radical (unpaired) electrons. The lowest BCUT2D eigenvalue weighted by molar-refractivity contribution is -0.134. The van der Waals surface area contributed by atoms with Gasteiger partial charge in [0.25, 0.3) is 0 Å². The molecule has 0 bridgehead atoms. The third-order valence-electron chi connectivity index (χ3n) is 2.46. The minimum atomic E-state index is -4.32. The van der Waals surface area contributed by atoms with Crippen molar-refractivity contribution in [3.05, 3.63) is 40.1 Å². The Hall–Kier alpha value is -1.67. The SMILES string of the molecule is Fc1ccc(Nc2nc(Cl)nc(CCC(F)(F)F)n2)cc1Cl. The molecule has 0 aliphatic heterocycles. The number of aryl methyl sites for hydroxylation is 1. The molecule has 0 fully saturated rings. The molecule has 0 aliphatic rings. The first-order chi connectivity index (χ1) is 10.2. The van der Waals surface area contributed by atoms with E-state index in [1.807, 2.05) is 0 Å². The van der Waals surface area contributed by atoms with E-state index in [0.717, 1.165) is 6.07 Å². The lowest BCUT2D eigenvalue weighted by Crippen LogP contribution is -2.11. The van der Waals surface area contributed by atoms with Crippen LogP contribution in [0.4, 0.5) is 29.2 Å². The summed E-state index contributed by atoms with van der Waals surface area (Å²) in [6, 6.07) is 3.77. The fourth-order valence-electron chi connectivity index (χ4n) is 1.52. The molecule has 10 heteroatoms. The summed E-state index contributed by atoms with van der Waals surface area (Å²) in [5.41, 5.74) is 0.357. The first-order valence-electron chi connectivity index (χ1n) is 5.92. The maximum absolute atomic E-state index is 13.0. The van der Waals surface area contributed by atoms with Crippen LogP contribution < -0.4 is 5.32 Å². The number of nitrogens with zero attached hydrogens (tertiary/aromatic N) is 3. The van der Waals surface area contributed by atoms with Crippen molar-refractivity contribution >= 4 is 34.8 Å². The lowest BCUT2D eigenvalue weighted by atomic mass is 10.3. The summed E-state index contributed by atoms with van der Waals surface area (Å²) in [6.45, 7) is 0. The molecule has 1 heterocycles. The number of benzene rings is 1. The van der Waals surface area contributed by atoms with E-state index >= 15 is 0 Å². The molecule has 0 atom stereocenters.